The predicted molar refractivity (Wildman–Crippen MR) is 240 cm³/mol. The third-order valence-electron chi connectivity index (χ3n) is 11.4. The van der Waals surface area contributed by atoms with Crippen LogP contribution in [0.3, 0.4) is 0 Å². The number of urea groups is 2. The molecule has 0 spiro atoms. The SMILES string of the molecule is COc1cccc(CC2NC(=O)N(Cc3ccc4[nH]cc(CC(N)OC(=O)/C=C\C(=O)OC(N)Cc5c[nH]c6ccc(CN7C(=O)NC(Cc8cccc(OC)c8)C7=O)cc56)c4c3)C2=O)c1. The molecule has 0 aliphatic carbocycles. The van der Waals surface area contributed by atoms with Gasteiger partial charge in [0.15, 0.2) is 12.5 Å². The van der Waals surface area contributed by atoms with Gasteiger partial charge in [-0.2, -0.15) is 0 Å². The summed E-state index contributed by atoms with van der Waals surface area (Å²) in [5.41, 5.74) is 18.5. The number of imide groups is 2. The Labute approximate surface area is 378 Å². The van der Waals surface area contributed by atoms with Gasteiger partial charge in [0.1, 0.15) is 23.6 Å². The number of nitrogens with two attached hydrogens (primary N) is 2. The van der Waals surface area contributed by atoms with E-state index in [1.54, 1.807) is 38.7 Å². The molecule has 18 nitrogen and oxygen atoms in total. The molecule has 2 saturated heterocycles. The highest BCUT2D eigenvalue weighted by atomic mass is 16.6. The van der Waals surface area contributed by atoms with Gasteiger partial charge in [0.05, 0.1) is 27.3 Å². The molecular formula is C48H48N8O10. The van der Waals surface area contributed by atoms with E-state index in [-0.39, 0.29) is 37.7 Å². The highest BCUT2D eigenvalue weighted by molar-refractivity contribution is 6.05. The maximum absolute atomic E-state index is 13.3. The molecule has 4 atom stereocenters. The first-order chi connectivity index (χ1) is 31.8. The van der Waals surface area contributed by atoms with Gasteiger partial charge in [-0.15, -0.1) is 0 Å². The number of amides is 6. The molecule has 2 aliphatic heterocycles. The molecule has 0 radical (unpaired) electrons. The largest absolute Gasteiger partial charge is 0.497 e. The van der Waals surface area contributed by atoms with Crippen molar-refractivity contribution in [2.45, 2.75) is 63.3 Å². The highest BCUT2D eigenvalue weighted by Crippen LogP contribution is 2.26. The van der Waals surface area contributed by atoms with Crippen molar-refractivity contribution in [3.8, 4) is 11.5 Å². The molecule has 2 fully saturated rings. The predicted octanol–water partition coefficient (Wildman–Crippen LogP) is 3.99. The molecule has 6 aromatic rings. The Bertz CT molecular complexity index is 2680. The molecule has 0 saturated carbocycles. The van der Waals surface area contributed by atoms with Crippen molar-refractivity contribution < 1.29 is 47.7 Å². The summed E-state index contributed by atoms with van der Waals surface area (Å²) in [4.78, 5) is 86.2. The molecule has 4 heterocycles. The number of aromatic nitrogens is 2. The standard InChI is InChI=1S/C48H48N8O10/c1-63-33-7-3-5-27(15-33)19-39-45(59)55(47(61)53-39)25-29-9-11-37-35(17-29)31(23-51-37)21-41(49)65-43(57)13-14-44(58)66-42(50)22-32-24-52-38-12-10-30(18-36(32)38)26-56-46(60)40(54-48(56)62)20-28-6-4-8-34(16-28)64-2/h3-18,23-24,39-42,51-52H,19-22,25-26,49-50H2,1-2H3,(H,53,61)(H,54,62)/b14-13-. The van der Waals surface area contributed by atoms with Gasteiger partial charge in [0.25, 0.3) is 11.8 Å². The van der Waals surface area contributed by atoms with E-state index >= 15 is 0 Å². The fourth-order valence-electron chi connectivity index (χ4n) is 8.18. The van der Waals surface area contributed by atoms with E-state index in [9.17, 15) is 28.8 Å². The van der Waals surface area contributed by atoms with Crippen LogP contribution < -0.4 is 31.6 Å². The summed E-state index contributed by atoms with van der Waals surface area (Å²) in [6.07, 6.45) is 3.95. The van der Waals surface area contributed by atoms with Crippen LogP contribution in [0, 0.1) is 0 Å². The zero-order chi connectivity index (χ0) is 46.5. The second-order valence-electron chi connectivity index (χ2n) is 16.0. The molecule has 66 heavy (non-hydrogen) atoms. The van der Waals surface area contributed by atoms with E-state index in [4.69, 9.17) is 30.4 Å². The summed E-state index contributed by atoms with van der Waals surface area (Å²) in [7, 11) is 3.12. The van der Waals surface area contributed by atoms with E-state index < -0.39 is 48.5 Å². The number of hydrogen-bond acceptors (Lipinski definition) is 12. The number of nitrogens with one attached hydrogen (secondary N) is 4. The first-order valence-corrected chi connectivity index (χ1v) is 21.1. The van der Waals surface area contributed by atoms with Crippen molar-refractivity contribution in [2.24, 2.45) is 11.5 Å². The topological polar surface area (TPSA) is 253 Å². The van der Waals surface area contributed by atoms with Crippen LogP contribution in [0.5, 0.6) is 11.5 Å². The third kappa shape index (κ3) is 10.2. The monoisotopic (exact) mass is 896 g/mol. The Morgan fingerprint density at radius 3 is 1.44 bits per heavy atom. The van der Waals surface area contributed by atoms with Crippen LogP contribution in [0.2, 0.25) is 0 Å². The van der Waals surface area contributed by atoms with Crippen LogP contribution in [0.4, 0.5) is 9.59 Å². The Balaban J connectivity index is 0.810. The summed E-state index contributed by atoms with van der Waals surface area (Å²) < 4.78 is 21.2. The summed E-state index contributed by atoms with van der Waals surface area (Å²) in [6, 6.07) is 23.2. The average molecular weight is 897 g/mol. The normalized spacial score (nSPS) is 17.1. The van der Waals surface area contributed by atoms with Crippen LogP contribution in [-0.2, 0) is 67.4 Å². The molecule has 0 bridgehead atoms. The Morgan fingerprint density at radius 1 is 0.606 bits per heavy atom. The molecule has 18 heteroatoms. The van der Waals surface area contributed by atoms with Gasteiger partial charge in [-0.25, -0.2) is 19.2 Å². The van der Waals surface area contributed by atoms with Crippen molar-refractivity contribution in [1.82, 2.24) is 30.4 Å². The van der Waals surface area contributed by atoms with Gasteiger partial charge < -0.3 is 39.5 Å². The number of nitrogens with zero attached hydrogens (tertiary/aromatic N) is 2. The number of H-pyrrole nitrogens is 2. The number of hydrogen-bond donors (Lipinski definition) is 6. The van der Waals surface area contributed by atoms with Gasteiger partial charge in [-0.05, 0) is 81.9 Å². The summed E-state index contributed by atoms with van der Waals surface area (Å²) in [6.45, 7) is 0.0938. The minimum Gasteiger partial charge on any atom is -0.497 e. The van der Waals surface area contributed by atoms with Crippen molar-refractivity contribution in [2.75, 3.05) is 14.2 Å². The molecule has 2 aliphatic rings. The minimum absolute atomic E-state index is 0.0469. The minimum atomic E-state index is -1.09. The van der Waals surface area contributed by atoms with E-state index in [2.05, 4.69) is 20.6 Å². The number of ether oxygens (including phenoxy) is 4. The van der Waals surface area contributed by atoms with E-state index in [1.165, 1.54) is 9.80 Å². The fraction of sp³-hybridized carbons (Fsp3) is 0.250. The van der Waals surface area contributed by atoms with Gasteiger partial charge in [-0.1, -0.05) is 36.4 Å². The van der Waals surface area contributed by atoms with Crippen molar-refractivity contribution in [3.63, 3.8) is 0 Å². The second-order valence-corrected chi connectivity index (χ2v) is 16.0. The van der Waals surface area contributed by atoms with Gasteiger partial charge in [0, 0.05) is 72.0 Å². The van der Waals surface area contributed by atoms with Gasteiger partial charge >= 0.3 is 24.0 Å². The number of fused-ring (bicyclic) bond motifs is 2. The van der Waals surface area contributed by atoms with Crippen molar-refractivity contribution in [1.29, 1.82) is 0 Å². The molecule has 4 aromatic carbocycles. The fourth-order valence-corrected chi connectivity index (χ4v) is 8.18. The van der Waals surface area contributed by atoms with Crippen molar-refractivity contribution >= 4 is 57.6 Å². The lowest BCUT2D eigenvalue weighted by atomic mass is 10.0. The number of methoxy groups -OCH3 is 2. The molecule has 8 rings (SSSR count). The van der Waals surface area contributed by atoms with Gasteiger partial charge in [-0.3, -0.25) is 30.9 Å². The number of carbonyl (C=O) groups is 6. The van der Waals surface area contributed by atoms with Crippen LogP contribution in [0.25, 0.3) is 21.8 Å². The van der Waals surface area contributed by atoms with E-state index in [1.807, 2.05) is 72.8 Å². The summed E-state index contributed by atoms with van der Waals surface area (Å²) in [5, 5.41) is 7.08. The first-order valence-electron chi connectivity index (χ1n) is 21.1. The number of aromatic amines is 2. The Kier molecular flexibility index (Phi) is 13.1. The van der Waals surface area contributed by atoms with Crippen LogP contribution in [0.15, 0.2) is 109 Å². The van der Waals surface area contributed by atoms with Gasteiger partial charge in [0.2, 0.25) is 0 Å². The van der Waals surface area contributed by atoms with Crippen molar-refractivity contribution in [3.05, 3.63) is 143 Å². The van der Waals surface area contributed by atoms with E-state index in [0.29, 0.717) is 35.5 Å². The number of rotatable bonds is 18. The zero-order valence-corrected chi connectivity index (χ0v) is 36.1. The van der Waals surface area contributed by atoms with Crippen LogP contribution in [-0.4, -0.2) is 94.3 Å². The molecule has 4 unspecified atom stereocenters. The van der Waals surface area contributed by atoms with Crippen LogP contribution in [0.1, 0.15) is 33.4 Å². The lowest BCUT2D eigenvalue weighted by Gasteiger charge is -2.14. The Morgan fingerprint density at radius 2 is 1.03 bits per heavy atom. The number of esters is 2. The maximum Gasteiger partial charge on any atom is 0.332 e. The van der Waals surface area contributed by atoms with Crippen LogP contribution >= 0.6 is 0 Å². The maximum atomic E-state index is 13.3. The zero-order valence-electron chi connectivity index (χ0n) is 36.1. The molecule has 2 aromatic heterocycles. The molecule has 8 N–H and O–H groups in total. The first kappa shape index (κ1) is 44.6. The summed E-state index contributed by atoms with van der Waals surface area (Å²) in [5.74, 6) is -1.11. The number of benzene rings is 4. The Hall–Kier alpha value is -7.96. The second kappa shape index (κ2) is 19.4. The molecular weight excluding hydrogens is 849 g/mol. The molecule has 340 valence electrons. The summed E-state index contributed by atoms with van der Waals surface area (Å²) >= 11 is 0. The van der Waals surface area contributed by atoms with E-state index in [0.717, 1.165) is 56.2 Å². The molecule has 6 amide bonds. The lowest BCUT2D eigenvalue weighted by Crippen LogP contribution is -2.32. The quantitative estimate of drug-likeness (QED) is 0.0310. The highest BCUT2D eigenvalue weighted by Gasteiger charge is 2.39. The third-order valence-corrected chi connectivity index (χ3v) is 11.4. The average Bonchev–Trinajstić information content (AvgIpc) is 4.03. The lowest BCUT2D eigenvalue weighted by molar-refractivity contribution is -0.145. The smallest absolute Gasteiger partial charge is 0.332 e. The number of carbonyl (C=O) groups excluding carboxylic acids is 6.